The van der Waals surface area contributed by atoms with Crippen molar-refractivity contribution in [2.45, 2.75) is 32.7 Å². The molecule has 3 rings (SSSR count). The van der Waals surface area contributed by atoms with Gasteiger partial charge in [0, 0.05) is 5.56 Å². The van der Waals surface area contributed by atoms with E-state index in [9.17, 15) is 4.79 Å². The van der Waals surface area contributed by atoms with E-state index in [2.05, 4.69) is 23.8 Å². The van der Waals surface area contributed by atoms with E-state index in [0.29, 0.717) is 23.6 Å². The second kappa shape index (κ2) is 5.20. The van der Waals surface area contributed by atoms with Gasteiger partial charge in [-0.15, -0.1) is 0 Å². The molecule has 108 valence electrons. The van der Waals surface area contributed by atoms with E-state index in [0.717, 1.165) is 30.3 Å². The number of rotatable bonds is 4. The Hall–Kier alpha value is -2.36. The van der Waals surface area contributed by atoms with Crippen molar-refractivity contribution in [3.8, 4) is 11.3 Å². The Morgan fingerprint density at radius 3 is 2.90 bits per heavy atom. The van der Waals surface area contributed by atoms with Crippen molar-refractivity contribution in [3.05, 3.63) is 47.0 Å². The minimum atomic E-state index is 0.406. The number of aromatic nitrogens is 2. The van der Waals surface area contributed by atoms with Gasteiger partial charge in [0.25, 0.3) is 0 Å². The first kappa shape index (κ1) is 13.6. The first-order valence-electron chi connectivity index (χ1n) is 7.18. The van der Waals surface area contributed by atoms with E-state index >= 15 is 0 Å². The number of hydrogen-bond acceptors (Lipinski definition) is 3. The molecule has 0 saturated carbocycles. The van der Waals surface area contributed by atoms with Gasteiger partial charge >= 0.3 is 0 Å². The monoisotopic (exact) mass is 281 g/mol. The first-order valence-corrected chi connectivity index (χ1v) is 7.18. The lowest BCUT2D eigenvalue weighted by molar-refractivity contribution is 0.112. The van der Waals surface area contributed by atoms with Crippen molar-refractivity contribution in [1.29, 1.82) is 0 Å². The number of benzene rings is 1. The van der Waals surface area contributed by atoms with Crippen LogP contribution in [0.4, 0.5) is 5.82 Å². The van der Waals surface area contributed by atoms with Crippen LogP contribution in [-0.4, -0.2) is 16.1 Å². The minimum absolute atomic E-state index is 0.406. The smallest absolute Gasteiger partial charge is 0.156 e. The lowest BCUT2D eigenvalue weighted by Crippen LogP contribution is -2.05. The predicted octanol–water partition coefficient (Wildman–Crippen LogP) is 3.01. The number of hydrogen-bond donors (Lipinski definition) is 1. The van der Waals surface area contributed by atoms with Gasteiger partial charge in [0.2, 0.25) is 0 Å². The van der Waals surface area contributed by atoms with Gasteiger partial charge in [0.05, 0.1) is 12.1 Å². The summed E-state index contributed by atoms with van der Waals surface area (Å²) in [5.41, 5.74) is 11.8. The molecule has 1 heterocycles. The SMILES string of the molecule is C=C(C)Cn1nc(-c2ccc3c(c2)CCC3)c(C=O)c1N. The summed E-state index contributed by atoms with van der Waals surface area (Å²) in [7, 11) is 0. The Morgan fingerprint density at radius 1 is 1.43 bits per heavy atom. The second-order valence-electron chi connectivity index (χ2n) is 5.72. The van der Waals surface area contributed by atoms with E-state index in [-0.39, 0.29) is 0 Å². The molecule has 0 radical (unpaired) electrons. The fraction of sp³-hybridized carbons (Fsp3) is 0.294. The van der Waals surface area contributed by atoms with Gasteiger partial charge in [-0.3, -0.25) is 4.79 Å². The molecule has 4 nitrogen and oxygen atoms in total. The molecule has 0 saturated heterocycles. The van der Waals surface area contributed by atoms with Crippen molar-refractivity contribution >= 4 is 12.1 Å². The van der Waals surface area contributed by atoms with Gasteiger partial charge in [0.1, 0.15) is 11.5 Å². The molecule has 0 aliphatic heterocycles. The predicted molar refractivity (Wildman–Crippen MR) is 84.3 cm³/mol. The van der Waals surface area contributed by atoms with Crippen molar-refractivity contribution in [1.82, 2.24) is 9.78 Å². The zero-order valence-corrected chi connectivity index (χ0v) is 12.2. The average Bonchev–Trinajstić information content (AvgIpc) is 3.03. The van der Waals surface area contributed by atoms with Crippen molar-refractivity contribution in [3.63, 3.8) is 0 Å². The Morgan fingerprint density at radius 2 is 2.19 bits per heavy atom. The Bertz CT molecular complexity index is 728. The molecule has 2 N–H and O–H groups in total. The summed E-state index contributed by atoms with van der Waals surface area (Å²) in [5.74, 6) is 0.406. The summed E-state index contributed by atoms with van der Waals surface area (Å²) in [6.45, 7) is 6.31. The summed E-state index contributed by atoms with van der Waals surface area (Å²) in [4.78, 5) is 11.4. The van der Waals surface area contributed by atoms with Crippen LogP contribution in [0.15, 0.2) is 30.4 Å². The maximum Gasteiger partial charge on any atom is 0.156 e. The topological polar surface area (TPSA) is 60.9 Å². The summed E-state index contributed by atoms with van der Waals surface area (Å²) in [6.07, 6.45) is 4.23. The van der Waals surface area contributed by atoms with Crippen LogP contribution in [0.5, 0.6) is 0 Å². The standard InChI is InChI=1S/C17H19N3O/c1-11(2)9-20-17(18)15(10-21)16(19-20)14-7-6-12-4-3-5-13(12)8-14/h6-8,10H,1,3-5,9,18H2,2H3. The molecule has 21 heavy (non-hydrogen) atoms. The molecule has 0 bridgehead atoms. The van der Waals surface area contributed by atoms with Gasteiger partial charge in [-0.1, -0.05) is 24.3 Å². The molecule has 4 heteroatoms. The van der Waals surface area contributed by atoms with Crippen LogP contribution < -0.4 is 5.73 Å². The van der Waals surface area contributed by atoms with E-state index in [1.165, 1.54) is 17.5 Å². The van der Waals surface area contributed by atoms with E-state index in [1.54, 1.807) is 4.68 Å². The Labute approximate surface area is 124 Å². The highest BCUT2D eigenvalue weighted by Gasteiger charge is 2.18. The third kappa shape index (κ3) is 2.37. The molecule has 2 aromatic rings. The molecule has 0 fully saturated rings. The summed E-state index contributed by atoms with van der Waals surface area (Å²) < 4.78 is 1.65. The highest BCUT2D eigenvalue weighted by Crippen LogP contribution is 2.31. The van der Waals surface area contributed by atoms with Crippen molar-refractivity contribution in [2.24, 2.45) is 0 Å². The lowest BCUT2D eigenvalue weighted by Gasteiger charge is -2.03. The van der Waals surface area contributed by atoms with E-state index < -0.39 is 0 Å². The van der Waals surface area contributed by atoms with Gasteiger partial charge in [-0.25, -0.2) is 4.68 Å². The zero-order chi connectivity index (χ0) is 15.0. The molecule has 1 aliphatic rings. The van der Waals surface area contributed by atoms with Crippen LogP contribution in [0.3, 0.4) is 0 Å². The van der Waals surface area contributed by atoms with E-state index in [4.69, 9.17) is 5.73 Å². The summed E-state index contributed by atoms with van der Waals surface area (Å²) in [6, 6.07) is 6.31. The second-order valence-corrected chi connectivity index (χ2v) is 5.72. The van der Waals surface area contributed by atoms with Crippen LogP contribution in [-0.2, 0) is 19.4 Å². The fourth-order valence-electron chi connectivity index (χ4n) is 2.91. The highest BCUT2D eigenvalue weighted by molar-refractivity contribution is 5.91. The first-order chi connectivity index (χ1) is 10.1. The number of allylic oxidation sites excluding steroid dienone is 1. The van der Waals surface area contributed by atoms with Crippen LogP contribution in [0, 0.1) is 0 Å². The summed E-state index contributed by atoms with van der Waals surface area (Å²) in [5, 5.41) is 4.52. The third-order valence-corrected chi connectivity index (χ3v) is 3.94. The minimum Gasteiger partial charge on any atom is -0.383 e. The van der Waals surface area contributed by atoms with Crippen LogP contribution in [0.25, 0.3) is 11.3 Å². The number of nitrogen functional groups attached to an aromatic ring is 1. The molecule has 0 spiro atoms. The molecule has 1 aromatic heterocycles. The largest absolute Gasteiger partial charge is 0.383 e. The third-order valence-electron chi connectivity index (χ3n) is 3.94. The number of carbonyl (C=O) groups is 1. The molecule has 0 atom stereocenters. The Kier molecular flexibility index (Phi) is 3.37. The van der Waals surface area contributed by atoms with Gasteiger partial charge < -0.3 is 5.73 Å². The molecular weight excluding hydrogens is 262 g/mol. The zero-order valence-electron chi connectivity index (χ0n) is 12.2. The highest BCUT2D eigenvalue weighted by atomic mass is 16.1. The number of aryl methyl sites for hydroxylation is 2. The molecule has 1 aliphatic carbocycles. The normalized spacial score (nSPS) is 13.2. The number of aldehydes is 1. The average molecular weight is 281 g/mol. The molecule has 0 unspecified atom stereocenters. The number of fused-ring (bicyclic) bond motifs is 1. The lowest BCUT2D eigenvalue weighted by atomic mass is 10.0. The Balaban J connectivity index is 2.09. The van der Waals surface area contributed by atoms with E-state index in [1.807, 2.05) is 13.0 Å². The van der Waals surface area contributed by atoms with Crippen LogP contribution in [0.1, 0.15) is 34.8 Å². The maximum absolute atomic E-state index is 11.4. The number of nitrogens with two attached hydrogens (primary N) is 1. The van der Waals surface area contributed by atoms with Crippen molar-refractivity contribution < 1.29 is 4.79 Å². The maximum atomic E-state index is 11.4. The van der Waals surface area contributed by atoms with Crippen molar-refractivity contribution in [2.75, 3.05) is 5.73 Å². The number of carbonyl (C=O) groups excluding carboxylic acids is 1. The fourth-order valence-corrected chi connectivity index (χ4v) is 2.91. The molecule has 1 aromatic carbocycles. The van der Waals surface area contributed by atoms with Gasteiger partial charge in [-0.2, -0.15) is 5.10 Å². The van der Waals surface area contributed by atoms with Gasteiger partial charge in [0.15, 0.2) is 6.29 Å². The summed E-state index contributed by atoms with van der Waals surface area (Å²) >= 11 is 0. The quantitative estimate of drug-likeness (QED) is 0.692. The van der Waals surface area contributed by atoms with Crippen LogP contribution >= 0.6 is 0 Å². The number of nitrogens with zero attached hydrogens (tertiary/aromatic N) is 2. The van der Waals surface area contributed by atoms with Gasteiger partial charge in [-0.05, 0) is 43.4 Å². The molecule has 0 amide bonds. The molecular formula is C17H19N3O. The van der Waals surface area contributed by atoms with Crippen LogP contribution in [0.2, 0.25) is 0 Å². The number of anilines is 1.